The number of rotatable bonds is 8. The number of hydrogen-bond acceptors (Lipinski definition) is 7. The summed E-state index contributed by atoms with van der Waals surface area (Å²) in [5.74, 6) is 0.291. The van der Waals surface area contributed by atoms with Crippen LogP contribution in [0.25, 0.3) is 6.08 Å². The Labute approximate surface area is 235 Å². The monoisotopic (exact) mass is 556 g/mol. The third kappa shape index (κ3) is 5.77. The summed E-state index contributed by atoms with van der Waals surface area (Å²) < 4.78 is 13.4. The highest BCUT2D eigenvalue weighted by Gasteiger charge is 2.33. The Morgan fingerprint density at radius 2 is 1.77 bits per heavy atom. The molecule has 0 bridgehead atoms. The minimum atomic E-state index is -0.618. The quantitative estimate of drug-likeness (QED) is 0.223. The number of nitrogens with zero attached hydrogens (tertiary/aromatic N) is 2. The molecule has 0 N–H and O–H groups in total. The van der Waals surface area contributed by atoms with E-state index < -0.39 is 12.0 Å². The SMILES string of the molecule is CCOC(=O)C1=C(C)N=c2s/c(=C\c3ccc(OCc4ccccc4)cc3)c(=O)n2[C@H]1c1ccc(SC)cc1. The molecule has 0 aliphatic carbocycles. The highest BCUT2D eigenvalue weighted by molar-refractivity contribution is 7.98. The summed E-state index contributed by atoms with van der Waals surface area (Å²) in [6.45, 7) is 4.28. The van der Waals surface area contributed by atoms with Crippen LogP contribution in [0.3, 0.4) is 0 Å². The predicted molar refractivity (Wildman–Crippen MR) is 156 cm³/mol. The third-order valence-corrected chi connectivity index (χ3v) is 8.10. The lowest BCUT2D eigenvalue weighted by atomic mass is 9.96. The molecule has 39 heavy (non-hydrogen) atoms. The summed E-state index contributed by atoms with van der Waals surface area (Å²) in [6, 6.07) is 24.9. The highest BCUT2D eigenvalue weighted by Crippen LogP contribution is 2.31. The molecule has 0 saturated heterocycles. The lowest BCUT2D eigenvalue weighted by molar-refractivity contribution is -0.139. The average molecular weight is 557 g/mol. The first-order valence-corrected chi connectivity index (χ1v) is 14.6. The van der Waals surface area contributed by atoms with Gasteiger partial charge in [0.15, 0.2) is 4.80 Å². The molecule has 0 radical (unpaired) electrons. The third-order valence-electron chi connectivity index (χ3n) is 6.37. The topological polar surface area (TPSA) is 69.9 Å². The van der Waals surface area contributed by atoms with Gasteiger partial charge in [0.25, 0.3) is 5.56 Å². The van der Waals surface area contributed by atoms with Gasteiger partial charge < -0.3 is 9.47 Å². The standard InChI is InChI=1S/C31H28N2O4S2/c1-4-36-30(35)27-20(2)32-31-33(28(27)23-12-16-25(38-3)17-13-23)29(34)26(39-31)18-21-10-14-24(15-11-21)37-19-22-8-6-5-7-9-22/h5-18,28H,4,19H2,1-3H3/b26-18-/t28-/m0/s1. The molecule has 4 aromatic rings. The van der Waals surface area contributed by atoms with E-state index in [0.717, 1.165) is 27.3 Å². The van der Waals surface area contributed by atoms with Crippen LogP contribution in [0.1, 0.15) is 36.6 Å². The lowest BCUT2D eigenvalue weighted by Crippen LogP contribution is -2.39. The Hall–Kier alpha value is -3.88. The molecule has 198 valence electrons. The zero-order chi connectivity index (χ0) is 27.4. The lowest BCUT2D eigenvalue weighted by Gasteiger charge is -2.24. The fourth-order valence-corrected chi connectivity index (χ4v) is 5.90. The van der Waals surface area contributed by atoms with Gasteiger partial charge in [-0.1, -0.05) is 65.9 Å². The van der Waals surface area contributed by atoms with E-state index in [9.17, 15) is 9.59 Å². The number of esters is 1. The smallest absolute Gasteiger partial charge is 0.338 e. The van der Waals surface area contributed by atoms with Crippen LogP contribution >= 0.6 is 23.1 Å². The molecule has 1 atom stereocenters. The fourth-order valence-electron chi connectivity index (χ4n) is 4.45. The maximum absolute atomic E-state index is 13.8. The number of thiazole rings is 1. The number of thioether (sulfide) groups is 1. The molecule has 3 aromatic carbocycles. The zero-order valence-electron chi connectivity index (χ0n) is 21.9. The molecule has 8 heteroatoms. The molecule has 1 aliphatic heterocycles. The van der Waals surface area contributed by atoms with Crippen molar-refractivity contribution in [1.29, 1.82) is 0 Å². The number of ether oxygens (including phenoxy) is 2. The summed E-state index contributed by atoms with van der Waals surface area (Å²) >= 11 is 2.95. The molecule has 0 amide bonds. The first kappa shape index (κ1) is 26.7. The Balaban J connectivity index is 1.51. The Kier molecular flexibility index (Phi) is 8.14. The normalized spacial score (nSPS) is 15.1. The van der Waals surface area contributed by atoms with Gasteiger partial charge in [-0.05, 0) is 67.1 Å². The second-order valence-corrected chi connectivity index (χ2v) is 10.8. The van der Waals surface area contributed by atoms with Crippen molar-refractivity contribution in [2.45, 2.75) is 31.4 Å². The van der Waals surface area contributed by atoms with E-state index in [0.29, 0.717) is 27.2 Å². The zero-order valence-corrected chi connectivity index (χ0v) is 23.6. The number of aromatic nitrogens is 1. The summed E-state index contributed by atoms with van der Waals surface area (Å²) in [5, 5.41) is 0. The van der Waals surface area contributed by atoms with Gasteiger partial charge in [-0.15, -0.1) is 11.8 Å². The Bertz CT molecular complexity index is 1690. The summed E-state index contributed by atoms with van der Waals surface area (Å²) in [5.41, 5.74) is 3.54. The molecular weight excluding hydrogens is 528 g/mol. The van der Waals surface area contributed by atoms with Crippen molar-refractivity contribution < 1.29 is 14.3 Å². The number of carbonyl (C=O) groups excluding carboxylic acids is 1. The van der Waals surface area contributed by atoms with Crippen LogP contribution < -0.4 is 19.6 Å². The van der Waals surface area contributed by atoms with Gasteiger partial charge in [0, 0.05) is 4.90 Å². The van der Waals surface area contributed by atoms with Crippen molar-refractivity contribution in [2.75, 3.05) is 12.9 Å². The van der Waals surface area contributed by atoms with Crippen molar-refractivity contribution in [1.82, 2.24) is 4.57 Å². The maximum atomic E-state index is 13.8. The van der Waals surface area contributed by atoms with Gasteiger partial charge in [-0.2, -0.15) is 0 Å². The highest BCUT2D eigenvalue weighted by atomic mass is 32.2. The molecule has 2 heterocycles. The molecule has 1 aromatic heterocycles. The van der Waals surface area contributed by atoms with Crippen LogP contribution in [-0.2, 0) is 16.1 Å². The molecule has 0 unspecified atom stereocenters. The van der Waals surface area contributed by atoms with Crippen molar-refractivity contribution in [2.24, 2.45) is 4.99 Å². The van der Waals surface area contributed by atoms with E-state index in [1.54, 1.807) is 30.2 Å². The van der Waals surface area contributed by atoms with E-state index in [4.69, 9.17) is 9.47 Å². The number of allylic oxidation sites excluding steroid dienone is 1. The van der Waals surface area contributed by atoms with Crippen molar-refractivity contribution in [3.63, 3.8) is 0 Å². The fraction of sp³-hybridized carbons (Fsp3) is 0.194. The largest absolute Gasteiger partial charge is 0.489 e. The first-order chi connectivity index (χ1) is 19.0. The van der Waals surface area contributed by atoms with Crippen LogP contribution in [0.4, 0.5) is 0 Å². The summed E-state index contributed by atoms with van der Waals surface area (Å²) in [4.78, 5) is 33.1. The minimum absolute atomic E-state index is 0.198. The van der Waals surface area contributed by atoms with Gasteiger partial charge in [0.05, 0.1) is 28.5 Å². The number of benzene rings is 3. The Morgan fingerprint density at radius 3 is 2.44 bits per heavy atom. The second kappa shape index (κ2) is 11.9. The average Bonchev–Trinajstić information content (AvgIpc) is 3.26. The minimum Gasteiger partial charge on any atom is -0.489 e. The maximum Gasteiger partial charge on any atom is 0.338 e. The molecule has 5 rings (SSSR count). The van der Waals surface area contributed by atoms with Gasteiger partial charge in [0.1, 0.15) is 12.4 Å². The molecule has 1 aliphatic rings. The van der Waals surface area contributed by atoms with Gasteiger partial charge >= 0.3 is 5.97 Å². The van der Waals surface area contributed by atoms with E-state index in [1.807, 2.05) is 91.2 Å². The second-order valence-electron chi connectivity index (χ2n) is 8.92. The molecule has 0 spiro atoms. The van der Waals surface area contributed by atoms with Crippen molar-refractivity contribution in [3.05, 3.63) is 127 Å². The van der Waals surface area contributed by atoms with Gasteiger partial charge in [-0.25, -0.2) is 9.79 Å². The van der Waals surface area contributed by atoms with Crippen LogP contribution in [0.15, 0.2) is 105 Å². The summed E-state index contributed by atoms with van der Waals surface area (Å²) in [6.07, 6.45) is 3.86. The summed E-state index contributed by atoms with van der Waals surface area (Å²) in [7, 11) is 0. The van der Waals surface area contributed by atoms with E-state index in [-0.39, 0.29) is 12.2 Å². The first-order valence-electron chi connectivity index (χ1n) is 12.6. The van der Waals surface area contributed by atoms with Crippen LogP contribution in [0.5, 0.6) is 5.75 Å². The van der Waals surface area contributed by atoms with Crippen LogP contribution in [-0.4, -0.2) is 23.4 Å². The van der Waals surface area contributed by atoms with E-state index >= 15 is 0 Å². The molecule has 0 fully saturated rings. The van der Waals surface area contributed by atoms with Crippen LogP contribution in [0.2, 0.25) is 0 Å². The molecule has 0 saturated carbocycles. The molecular formula is C31H28N2O4S2. The number of hydrogen-bond donors (Lipinski definition) is 0. The van der Waals surface area contributed by atoms with E-state index in [1.165, 1.54) is 11.3 Å². The number of carbonyl (C=O) groups is 1. The van der Waals surface area contributed by atoms with Gasteiger partial charge in [-0.3, -0.25) is 9.36 Å². The van der Waals surface area contributed by atoms with E-state index in [2.05, 4.69) is 4.99 Å². The van der Waals surface area contributed by atoms with Crippen LogP contribution in [0, 0.1) is 0 Å². The van der Waals surface area contributed by atoms with Gasteiger partial charge in [0.2, 0.25) is 0 Å². The predicted octanol–water partition coefficient (Wildman–Crippen LogP) is 5.10. The van der Waals surface area contributed by atoms with Crippen molar-refractivity contribution >= 4 is 35.1 Å². The van der Waals surface area contributed by atoms with Crippen molar-refractivity contribution in [3.8, 4) is 5.75 Å². The number of fused-ring (bicyclic) bond motifs is 1. The molecule has 6 nitrogen and oxygen atoms in total. The Morgan fingerprint density at radius 1 is 1.05 bits per heavy atom.